The molecule has 0 amide bonds. The van der Waals surface area contributed by atoms with Gasteiger partial charge in [-0.2, -0.15) is 0 Å². The number of allylic oxidation sites excluding steroid dienone is 1. The van der Waals surface area contributed by atoms with Gasteiger partial charge in [0.1, 0.15) is 0 Å². The van der Waals surface area contributed by atoms with Gasteiger partial charge in [0.25, 0.3) is 0 Å². The Labute approximate surface area is 61.2 Å². The molecule has 0 aromatic rings. The SMILES string of the molecule is N=C(Cl)C1=C(N)NON1O. The van der Waals surface area contributed by atoms with E-state index in [-0.39, 0.29) is 16.7 Å². The molecule has 0 aliphatic carbocycles. The van der Waals surface area contributed by atoms with E-state index < -0.39 is 5.17 Å². The summed E-state index contributed by atoms with van der Waals surface area (Å²) in [5.41, 5.74) is 7.20. The monoisotopic (exact) mass is 164 g/mol. The number of hydrogen-bond acceptors (Lipinski definition) is 6. The van der Waals surface area contributed by atoms with E-state index in [1.165, 1.54) is 0 Å². The normalized spacial score (nSPS) is 17.6. The van der Waals surface area contributed by atoms with Gasteiger partial charge in [-0.3, -0.25) is 10.6 Å². The summed E-state index contributed by atoms with van der Waals surface area (Å²) < 4.78 is 0. The molecule has 0 aromatic carbocycles. The maximum Gasteiger partial charge on any atom is 0.175 e. The van der Waals surface area contributed by atoms with E-state index in [9.17, 15) is 0 Å². The first-order valence-corrected chi connectivity index (χ1v) is 2.67. The lowest BCUT2D eigenvalue weighted by molar-refractivity contribution is -0.320. The smallest absolute Gasteiger partial charge is 0.175 e. The van der Waals surface area contributed by atoms with Crippen LogP contribution in [-0.2, 0) is 4.94 Å². The maximum atomic E-state index is 8.72. The molecule has 0 unspecified atom stereocenters. The van der Waals surface area contributed by atoms with Crippen molar-refractivity contribution in [2.45, 2.75) is 0 Å². The Morgan fingerprint density at radius 1 is 1.90 bits per heavy atom. The molecular weight excluding hydrogens is 160 g/mol. The Bertz CT molecular complexity index is 203. The summed E-state index contributed by atoms with van der Waals surface area (Å²) in [5, 5.41) is 15.5. The van der Waals surface area contributed by atoms with Crippen LogP contribution in [0.2, 0.25) is 0 Å². The third kappa shape index (κ3) is 0.991. The largest absolute Gasteiger partial charge is 0.382 e. The lowest BCUT2D eigenvalue weighted by Gasteiger charge is -2.05. The Balaban J connectivity index is 2.88. The van der Waals surface area contributed by atoms with E-state index in [4.69, 9.17) is 28.0 Å². The molecule has 0 spiro atoms. The van der Waals surface area contributed by atoms with Gasteiger partial charge in [-0.15, -0.1) is 4.94 Å². The molecule has 56 valence electrons. The van der Waals surface area contributed by atoms with Crippen LogP contribution >= 0.6 is 11.6 Å². The third-order valence-electron chi connectivity index (χ3n) is 0.896. The van der Waals surface area contributed by atoms with Gasteiger partial charge in [0.15, 0.2) is 16.7 Å². The van der Waals surface area contributed by atoms with Crippen LogP contribution in [0, 0.1) is 5.41 Å². The Hall–Kier alpha value is -0.980. The third-order valence-corrected chi connectivity index (χ3v) is 1.08. The summed E-state index contributed by atoms with van der Waals surface area (Å²) in [4.78, 5) is 4.25. The van der Waals surface area contributed by atoms with E-state index >= 15 is 0 Å². The van der Waals surface area contributed by atoms with Gasteiger partial charge in [0.2, 0.25) is 0 Å². The van der Waals surface area contributed by atoms with Crippen LogP contribution in [0.3, 0.4) is 0 Å². The number of halogens is 1. The second-order valence-electron chi connectivity index (χ2n) is 1.54. The van der Waals surface area contributed by atoms with Gasteiger partial charge in [-0.1, -0.05) is 16.8 Å². The topological polar surface area (TPSA) is 94.6 Å². The number of nitrogens with two attached hydrogens (primary N) is 1. The van der Waals surface area contributed by atoms with Gasteiger partial charge in [-0.05, 0) is 0 Å². The quantitative estimate of drug-likeness (QED) is 0.391. The molecule has 1 aliphatic heterocycles. The first kappa shape index (κ1) is 7.13. The molecule has 0 saturated heterocycles. The van der Waals surface area contributed by atoms with Crippen LogP contribution in [0.25, 0.3) is 0 Å². The Morgan fingerprint density at radius 3 is 2.70 bits per heavy atom. The van der Waals surface area contributed by atoms with E-state index in [0.717, 1.165) is 0 Å². The molecule has 6 nitrogen and oxygen atoms in total. The van der Waals surface area contributed by atoms with Gasteiger partial charge in [0.05, 0.1) is 0 Å². The molecule has 7 heteroatoms. The van der Waals surface area contributed by atoms with Crippen molar-refractivity contribution in [2.24, 2.45) is 5.73 Å². The van der Waals surface area contributed by atoms with Crippen molar-refractivity contribution in [1.82, 2.24) is 10.7 Å². The minimum Gasteiger partial charge on any atom is -0.382 e. The predicted octanol–water partition coefficient (Wildman–Crippen LogP) is -0.529. The highest BCUT2D eigenvalue weighted by Gasteiger charge is 2.23. The molecular formula is C3H5ClN4O2. The molecule has 0 bridgehead atoms. The van der Waals surface area contributed by atoms with E-state index in [1.54, 1.807) is 0 Å². The Kier molecular flexibility index (Phi) is 1.66. The summed E-state index contributed by atoms with van der Waals surface area (Å²) in [6.07, 6.45) is 0. The summed E-state index contributed by atoms with van der Waals surface area (Å²) in [5.74, 6) is 0.00231. The summed E-state index contributed by atoms with van der Waals surface area (Å²) in [7, 11) is 0. The standard InChI is InChI=1S/C3H5ClN4O2/c4-2(5)1-3(6)7-10-8(1)9/h5,7,9H,6H2. The van der Waals surface area contributed by atoms with E-state index in [2.05, 4.69) is 10.4 Å². The highest BCUT2D eigenvalue weighted by molar-refractivity contribution is 6.68. The van der Waals surface area contributed by atoms with Crippen molar-refractivity contribution >= 4 is 16.8 Å². The predicted molar refractivity (Wildman–Crippen MR) is 32.6 cm³/mol. The second-order valence-corrected chi connectivity index (χ2v) is 1.92. The molecule has 0 radical (unpaired) electrons. The zero-order chi connectivity index (χ0) is 7.72. The van der Waals surface area contributed by atoms with Gasteiger partial charge in [0, 0.05) is 0 Å². The van der Waals surface area contributed by atoms with E-state index in [1.807, 2.05) is 0 Å². The lowest BCUT2D eigenvalue weighted by Crippen LogP contribution is -2.18. The number of nitrogens with zero attached hydrogens (tertiary/aromatic N) is 1. The fourth-order valence-corrected chi connectivity index (χ4v) is 0.666. The highest BCUT2D eigenvalue weighted by Crippen LogP contribution is 2.12. The minimum absolute atomic E-state index is 0.00231. The summed E-state index contributed by atoms with van der Waals surface area (Å²) in [6, 6.07) is 0. The van der Waals surface area contributed by atoms with Crippen LogP contribution < -0.4 is 11.2 Å². The van der Waals surface area contributed by atoms with Crippen molar-refractivity contribution < 1.29 is 10.1 Å². The zero-order valence-corrected chi connectivity index (χ0v) is 5.51. The molecule has 0 saturated carbocycles. The maximum absolute atomic E-state index is 8.72. The van der Waals surface area contributed by atoms with Crippen molar-refractivity contribution in [2.75, 3.05) is 0 Å². The molecule has 0 fully saturated rings. The first-order chi connectivity index (χ1) is 4.63. The van der Waals surface area contributed by atoms with Gasteiger partial charge >= 0.3 is 0 Å². The minimum atomic E-state index is -0.398. The highest BCUT2D eigenvalue weighted by atomic mass is 35.5. The van der Waals surface area contributed by atoms with Crippen LogP contribution in [0.15, 0.2) is 11.5 Å². The number of rotatable bonds is 1. The number of hydroxylamine groups is 3. The van der Waals surface area contributed by atoms with Gasteiger partial charge < -0.3 is 5.73 Å². The molecule has 1 heterocycles. The zero-order valence-electron chi connectivity index (χ0n) is 4.76. The van der Waals surface area contributed by atoms with Crippen molar-refractivity contribution in [3.63, 3.8) is 0 Å². The van der Waals surface area contributed by atoms with Crippen LogP contribution in [0.5, 0.6) is 0 Å². The number of hydrogen-bond donors (Lipinski definition) is 4. The molecule has 5 N–H and O–H groups in total. The summed E-state index contributed by atoms with van der Waals surface area (Å²) >= 11 is 5.20. The van der Waals surface area contributed by atoms with Crippen LogP contribution in [0.4, 0.5) is 0 Å². The second kappa shape index (κ2) is 2.33. The molecule has 1 rings (SSSR count). The Morgan fingerprint density at radius 2 is 2.50 bits per heavy atom. The summed E-state index contributed by atoms with van der Waals surface area (Å²) in [6.45, 7) is 0. The van der Waals surface area contributed by atoms with Crippen molar-refractivity contribution in [3.8, 4) is 0 Å². The fourth-order valence-electron chi connectivity index (χ4n) is 0.492. The molecule has 1 aliphatic rings. The first-order valence-electron chi connectivity index (χ1n) is 2.29. The van der Waals surface area contributed by atoms with Gasteiger partial charge in [-0.25, -0.2) is 5.48 Å². The molecule has 10 heavy (non-hydrogen) atoms. The molecule has 0 aromatic heterocycles. The van der Waals surface area contributed by atoms with E-state index in [0.29, 0.717) is 0 Å². The average Bonchev–Trinajstić information content (AvgIpc) is 2.11. The van der Waals surface area contributed by atoms with Crippen molar-refractivity contribution in [3.05, 3.63) is 11.5 Å². The number of nitrogens with one attached hydrogen (secondary N) is 2. The fraction of sp³-hybridized carbons (Fsp3) is 0. The molecule has 0 atom stereocenters. The van der Waals surface area contributed by atoms with Crippen LogP contribution in [0.1, 0.15) is 0 Å². The average molecular weight is 165 g/mol. The van der Waals surface area contributed by atoms with Crippen LogP contribution in [-0.4, -0.2) is 15.6 Å². The van der Waals surface area contributed by atoms with Crippen molar-refractivity contribution in [1.29, 1.82) is 5.41 Å². The lowest BCUT2D eigenvalue weighted by atomic mass is 10.5.